The minimum atomic E-state index is -0.814. The van der Waals surface area contributed by atoms with Gasteiger partial charge in [-0.1, -0.05) is 6.42 Å². The molecular weight excluding hydrogens is 270 g/mol. The van der Waals surface area contributed by atoms with Crippen LogP contribution in [0.5, 0.6) is 0 Å². The van der Waals surface area contributed by atoms with Gasteiger partial charge in [-0.3, -0.25) is 9.78 Å². The molecule has 1 aromatic rings. The minimum Gasteiger partial charge on any atom is -0.481 e. The predicted octanol–water partition coefficient (Wildman–Crippen LogP) is 1.87. The van der Waals surface area contributed by atoms with Crippen molar-refractivity contribution in [2.45, 2.75) is 32.7 Å². The highest BCUT2D eigenvalue weighted by atomic mass is 16.4. The molecule has 21 heavy (non-hydrogen) atoms. The molecule has 6 nitrogen and oxygen atoms in total. The van der Waals surface area contributed by atoms with Gasteiger partial charge < -0.3 is 15.3 Å². The molecule has 1 aliphatic carbocycles. The standard InChI is InChI=1S/C15H21N3O3/c1-2-18(10-12-4-8-16-9-5-12)14(21)17-11-15(13(19)20)6-3-7-15/h4-5,8-9H,2-3,6-7,10-11H2,1H3,(H,17,21)(H,19,20). The monoisotopic (exact) mass is 291 g/mol. The highest BCUT2D eigenvalue weighted by Crippen LogP contribution is 2.40. The van der Waals surface area contributed by atoms with Crippen molar-refractivity contribution in [1.29, 1.82) is 0 Å². The second-order valence-corrected chi connectivity index (χ2v) is 5.47. The lowest BCUT2D eigenvalue weighted by atomic mass is 9.69. The fourth-order valence-electron chi connectivity index (χ4n) is 2.46. The normalized spacial score (nSPS) is 15.9. The molecule has 0 spiro atoms. The molecule has 0 bridgehead atoms. The Morgan fingerprint density at radius 1 is 1.38 bits per heavy atom. The fourth-order valence-corrected chi connectivity index (χ4v) is 2.46. The molecule has 2 N–H and O–H groups in total. The van der Waals surface area contributed by atoms with Gasteiger partial charge in [0.25, 0.3) is 0 Å². The molecular formula is C15H21N3O3. The molecule has 0 unspecified atom stereocenters. The van der Waals surface area contributed by atoms with E-state index >= 15 is 0 Å². The van der Waals surface area contributed by atoms with E-state index in [1.165, 1.54) is 0 Å². The van der Waals surface area contributed by atoms with Crippen LogP contribution >= 0.6 is 0 Å². The van der Waals surface area contributed by atoms with Crippen molar-refractivity contribution >= 4 is 12.0 Å². The van der Waals surface area contributed by atoms with Crippen LogP contribution in [0, 0.1) is 5.41 Å². The molecule has 0 aromatic carbocycles. The van der Waals surface area contributed by atoms with Crippen molar-refractivity contribution in [3.63, 3.8) is 0 Å². The summed E-state index contributed by atoms with van der Waals surface area (Å²) in [6.45, 7) is 3.16. The highest BCUT2D eigenvalue weighted by Gasteiger charge is 2.44. The first-order valence-electron chi connectivity index (χ1n) is 7.22. The van der Waals surface area contributed by atoms with Crippen LogP contribution in [-0.2, 0) is 11.3 Å². The van der Waals surface area contributed by atoms with Crippen LogP contribution in [-0.4, -0.2) is 40.1 Å². The summed E-state index contributed by atoms with van der Waals surface area (Å²) in [5, 5.41) is 12.0. The lowest BCUT2D eigenvalue weighted by Crippen LogP contribution is -2.50. The summed E-state index contributed by atoms with van der Waals surface area (Å²) >= 11 is 0. The Labute approximate surface area is 124 Å². The van der Waals surface area contributed by atoms with E-state index in [2.05, 4.69) is 10.3 Å². The van der Waals surface area contributed by atoms with Gasteiger partial charge in [0.1, 0.15) is 0 Å². The second-order valence-electron chi connectivity index (χ2n) is 5.47. The predicted molar refractivity (Wildman–Crippen MR) is 77.6 cm³/mol. The van der Waals surface area contributed by atoms with Gasteiger partial charge in [0, 0.05) is 32.0 Å². The molecule has 2 rings (SSSR count). The maximum absolute atomic E-state index is 12.2. The molecule has 1 aliphatic rings. The van der Waals surface area contributed by atoms with Crippen LogP contribution in [0.25, 0.3) is 0 Å². The van der Waals surface area contributed by atoms with Gasteiger partial charge in [0.15, 0.2) is 0 Å². The number of rotatable bonds is 6. The lowest BCUT2D eigenvalue weighted by Gasteiger charge is -2.38. The Balaban J connectivity index is 1.90. The van der Waals surface area contributed by atoms with E-state index in [0.29, 0.717) is 25.9 Å². The van der Waals surface area contributed by atoms with E-state index in [9.17, 15) is 14.7 Å². The molecule has 2 amide bonds. The molecule has 0 radical (unpaired) electrons. The average molecular weight is 291 g/mol. The number of carbonyl (C=O) groups excluding carboxylic acids is 1. The number of aliphatic carboxylic acids is 1. The van der Waals surface area contributed by atoms with E-state index < -0.39 is 11.4 Å². The SMILES string of the molecule is CCN(Cc1ccncc1)C(=O)NCC1(C(=O)O)CCC1. The zero-order valence-electron chi connectivity index (χ0n) is 12.2. The van der Waals surface area contributed by atoms with Crippen molar-refractivity contribution < 1.29 is 14.7 Å². The van der Waals surface area contributed by atoms with Crippen molar-refractivity contribution in [2.75, 3.05) is 13.1 Å². The number of urea groups is 1. The number of amides is 2. The van der Waals surface area contributed by atoms with E-state index in [1.54, 1.807) is 17.3 Å². The number of nitrogens with one attached hydrogen (secondary N) is 1. The molecule has 1 aromatic heterocycles. The average Bonchev–Trinajstić information content (AvgIpc) is 2.44. The quantitative estimate of drug-likeness (QED) is 0.838. The maximum Gasteiger partial charge on any atom is 0.317 e. The van der Waals surface area contributed by atoms with Gasteiger partial charge >= 0.3 is 12.0 Å². The summed E-state index contributed by atoms with van der Waals surface area (Å²) in [6, 6.07) is 3.50. The van der Waals surface area contributed by atoms with Gasteiger partial charge in [0.05, 0.1) is 5.41 Å². The Hall–Kier alpha value is -2.11. The summed E-state index contributed by atoms with van der Waals surface area (Å²) < 4.78 is 0. The van der Waals surface area contributed by atoms with Gasteiger partial charge in [0.2, 0.25) is 0 Å². The van der Waals surface area contributed by atoms with Crippen LogP contribution < -0.4 is 5.32 Å². The Morgan fingerprint density at radius 2 is 2.05 bits per heavy atom. The van der Waals surface area contributed by atoms with Crippen molar-refractivity contribution in [3.05, 3.63) is 30.1 Å². The van der Waals surface area contributed by atoms with Gasteiger partial charge in [-0.2, -0.15) is 0 Å². The van der Waals surface area contributed by atoms with Crippen molar-refractivity contribution in [1.82, 2.24) is 15.2 Å². The van der Waals surface area contributed by atoms with Crippen LogP contribution in [0.2, 0.25) is 0 Å². The Morgan fingerprint density at radius 3 is 2.52 bits per heavy atom. The smallest absolute Gasteiger partial charge is 0.317 e. The molecule has 0 saturated heterocycles. The number of aromatic nitrogens is 1. The maximum atomic E-state index is 12.2. The summed E-state index contributed by atoms with van der Waals surface area (Å²) in [7, 11) is 0. The highest BCUT2D eigenvalue weighted by molar-refractivity contribution is 5.78. The first-order valence-corrected chi connectivity index (χ1v) is 7.22. The van der Waals surface area contributed by atoms with Gasteiger partial charge in [-0.15, -0.1) is 0 Å². The first kappa shape index (κ1) is 15.3. The van der Waals surface area contributed by atoms with Crippen LogP contribution in [0.1, 0.15) is 31.7 Å². The topological polar surface area (TPSA) is 82.5 Å². The number of hydrogen-bond donors (Lipinski definition) is 2. The van der Waals surface area contributed by atoms with Crippen LogP contribution in [0.3, 0.4) is 0 Å². The Bertz CT molecular complexity index is 500. The summed E-state index contributed by atoms with van der Waals surface area (Å²) in [5.74, 6) is -0.814. The molecule has 114 valence electrons. The fraction of sp³-hybridized carbons (Fsp3) is 0.533. The third kappa shape index (κ3) is 3.51. The molecule has 1 fully saturated rings. The van der Waals surface area contributed by atoms with Crippen LogP contribution in [0.4, 0.5) is 4.79 Å². The summed E-state index contributed by atoms with van der Waals surface area (Å²) in [6.07, 6.45) is 5.57. The molecule has 1 saturated carbocycles. The van der Waals surface area contributed by atoms with E-state index in [0.717, 1.165) is 12.0 Å². The van der Waals surface area contributed by atoms with Crippen LogP contribution in [0.15, 0.2) is 24.5 Å². The number of pyridine rings is 1. The van der Waals surface area contributed by atoms with E-state index in [1.807, 2.05) is 19.1 Å². The number of nitrogens with zero attached hydrogens (tertiary/aromatic N) is 2. The molecule has 0 aliphatic heterocycles. The third-order valence-electron chi connectivity index (χ3n) is 4.13. The zero-order chi connectivity index (χ0) is 15.3. The number of carboxylic acids is 1. The van der Waals surface area contributed by atoms with Crippen molar-refractivity contribution in [3.8, 4) is 0 Å². The molecule has 6 heteroatoms. The van der Waals surface area contributed by atoms with Gasteiger partial charge in [-0.05, 0) is 37.5 Å². The molecule has 0 atom stereocenters. The van der Waals surface area contributed by atoms with E-state index in [-0.39, 0.29) is 12.6 Å². The molecule has 1 heterocycles. The summed E-state index contributed by atoms with van der Waals surface area (Å²) in [5.41, 5.74) is 0.241. The first-order chi connectivity index (χ1) is 10.1. The number of carboxylic acid groups (broad SMARTS) is 1. The third-order valence-corrected chi connectivity index (χ3v) is 4.13. The minimum absolute atomic E-state index is 0.202. The number of hydrogen-bond acceptors (Lipinski definition) is 3. The van der Waals surface area contributed by atoms with Crippen molar-refractivity contribution in [2.24, 2.45) is 5.41 Å². The largest absolute Gasteiger partial charge is 0.481 e. The summed E-state index contributed by atoms with van der Waals surface area (Å²) in [4.78, 5) is 29.1. The zero-order valence-corrected chi connectivity index (χ0v) is 12.2. The second kappa shape index (κ2) is 6.56. The number of carbonyl (C=O) groups is 2. The van der Waals surface area contributed by atoms with E-state index in [4.69, 9.17) is 0 Å². The Kier molecular flexibility index (Phi) is 4.77. The van der Waals surface area contributed by atoms with Gasteiger partial charge in [-0.25, -0.2) is 4.79 Å². The lowest BCUT2D eigenvalue weighted by molar-refractivity contribution is -0.153.